The fraction of sp³-hybridized carbons (Fsp3) is 0.308. The van der Waals surface area contributed by atoms with Crippen LogP contribution < -0.4 is 0 Å². The molecule has 0 fully saturated rings. The van der Waals surface area contributed by atoms with Gasteiger partial charge in [-0.1, -0.05) is 30.3 Å². The zero-order valence-electron chi connectivity index (χ0n) is 8.69. The summed E-state index contributed by atoms with van der Waals surface area (Å²) >= 11 is 0. The van der Waals surface area contributed by atoms with Crippen molar-refractivity contribution in [3.05, 3.63) is 47.7 Å². The molecule has 1 rings (SSSR count). The lowest BCUT2D eigenvalue weighted by Crippen LogP contribution is -1.86. The predicted octanol–water partition coefficient (Wildman–Crippen LogP) is 3.36. The Kier molecular flexibility index (Phi) is 5.03. The third-order valence-corrected chi connectivity index (χ3v) is 2.30. The number of aliphatic hydroxyl groups excluding tert-OH is 1. The van der Waals surface area contributed by atoms with E-state index in [0.29, 0.717) is 12.0 Å². The topological polar surface area (TPSA) is 44.0 Å². The summed E-state index contributed by atoms with van der Waals surface area (Å²) in [5.74, 6) is 0. The van der Waals surface area contributed by atoms with E-state index in [1.165, 1.54) is 5.56 Å². The van der Waals surface area contributed by atoms with Gasteiger partial charge in [-0.15, -0.1) is 0 Å². The molecule has 1 N–H and O–H groups in total. The van der Waals surface area contributed by atoms with Crippen LogP contribution in [0.5, 0.6) is 0 Å². The molecule has 0 amide bonds. The molecule has 0 aliphatic heterocycles. The van der Waals surface area contributed by atoms with E-state index in [0.717, 1.165) is 25.5 Å². The summed E-state index contributed by atoms with van der Waals surface area (Å²) in [5.41, 5.74) is 1.78. The van der Waals surface area contributed by atoms with Gasteiger partial charge in [0.25, 0.3) is 0 Å². The molecule has 2 heteroatoms. The van der Waals surface area contributed by atoms with E-state index in [4.69, 9.17) is 10.4 Å². The van der Waals surface area contributed by atoms with E-state index in [1.54, 1.807) is 0 Å². The molecule has 0 aliphatic carbocycles. The summed E-state index contributed by atoms with van der Waals surface area (Å²) in [7, 11) is 0. The lowest BCUT2D eigenvalue weighted by molar-refractivity contribution is 0.466. The highest BCUT2D eigenvalue weighted by molar-refractivity contribution is 5.18. The second-order valence-electron chi connectivity index (χ2n) is 3.46. The Bertz CT molecular complexity index is 349. The molecule has 0 saturated carbocycles. The fourth-order valence-electron chi connectivity index (χ4n) is 1.44. The van der Waals surface area contributed by atoms with Crippen molar-refractivity contribution >= 4 is 0 Å². The zero-order valence-corrected chi connectivity index (χ0v) is 8.69. The number of aliphatic hydroxyl groups is 1. The molecule has 78 valence electrons. The first-order valence-electron chi connectivity index (χ1n) is 5.14. The highest BCUT2D eigenvalue weighted by atomic mass is 16.2. The first kappa shape index (κ1) is 11.3. The molecule has 0 aliphatic rings. The van der Waals surface area contributed by atoms with Gasteiger partial charge in [0.1, 0.15) is 0 Å². The summed E-state index contributed by atoms with van der Waals surface area (Å²) in [6.07, 6.45) is 4.59. The Morgan fingerprint density at radius 3 is 2.60 bits per heavy atom. The van der Waals surface area contributed by atoms with Crippen LogP contribution in [-0.2, 0) is 6.42 Å². The van der Waals surface area contributed by atoms with Gasteiger partial charge >= 0.3 is 0 Å². The van der Waals surface area contributed by atoms with Crippen LogP contribution >= 0.6 is 0 Å². The predicted molar refractivity (Wildman–Crippen MR) is 60.3 cm³/mol. The second-order valence-corrected chi connectivity index (χ2v) is 3.46. The van der Waals surface area contributed by atoms with Crippen LogP contribution in [0.4, 0.5) is 0 Å². The molecule has 0 radical (unpaired) electrons. The summed E-state index contributed by atoms with van der Waals surface area (Å²) < 4.78 is 0. The van der Waals surface area contributed by atoms with Crippen molar-refractivity contribution < 1.29 is 5.11 Å². The third-order valence-electron chi connectivity index (χ3n) is 2.30. The van der Waals surface area contributed by atoms with Gasteiger partial charge in [-0.25, -0.2) is 0 Å². The van der Waals surface area contributed by atoms with Crippen molar-refractivity contribution in [2.45, 2.75) is 25.7 Å². The Morgan fingerprint density at radius 2 is 2.00 bits per heavy atom. The molecule has 1 aromatic rings. The Morgan fingerprint density at radius 1 is 1.27 bits per heavy atom. The van der Waals surface area contributed by atoms with Crippen molar-refractivity contribution in [1.29, 1.82) is 5.26 Å². The van der Waals surface area contributed by atoms with Crippen molar-refractivity contribution in [3.8, 4) is 6.07 Å². The van der Waals surface area contributed by atoms with Gasteiger partial charge in [0, 0.05) is 0 Å². The monoisotopic (exact) mass is 201 g/mol. The van der Waals surface area contributed by atoms with E-state index in [1.807, 2.05) is 24.3 Å². The van der Waals surface area contributed by atoms with Crippen LogP contribution in [0.3, 0.4) is 0 Å². The number of benzene rings is 1. The van der Waals surface area contributed by atoms with E-state index >= 15 is 0 Å². The number of aryl methyl sites for hydroxylation is 1. The summed E-state index contributed by atoms with van der Waals surface area (Å²) in [6.45, 7) is 0. The number of unbranched alkanes of at least 4 members (excludes halogenated alkanes) is 1. The molecule has 0 atom stereocenters. The molecule has 0 spiro atoms. The number of hydrogen-bond donors (Lipinski definition) is 1. The number of hydrogen-bond acceptors (Lipinski definition) is 2. The molecular formula is C13H15NO. The van der Waals surface area contributed by atoms with Crippen molar-refractivity contribution in [2.24, 2.45) is 0 Å². The average molecular weight is 201 g/mol. The van der Waals surface area contributed by atoms with Crippen LogP contribution in [-0.4, -0.2) is 5.11 Å². The summed E-state index contributed by atoms with van der Waals surface area (Å²) in [4.78, 5) is 0. The average Bonchev–Trinajstić information content (AvgIpc) is 2.31. The van der Waals surface area contributed by atoms with Gasteiger partial charge in [0.05, 0.1) is 17.9 Å². The second kappa shape index (κ2) is 6.67. The first-order chi connectivity index (χ1) is 7.36. The van der Waals surface area contributed by atoms with E-state index in [2.05, 4.69) is 12.1 Å². The zero-order chi connectivity index (χ0) is 10.9. The standard InChI is InChI=1S/C13H15NO/c14-10-13(11-15)9-5-4-8-12-6-2-1-3-7-12/h1-3,6-7,11,15H,4-5,8-9H2/b13-11-. The van der Waals surface area contributed by atoms with E-state index < -0.39 is 0 Å². The van der Waals surface area contributed by atoms with E-state index in [-0.39, 0.29) is 0 Å². The number of nitrogens with zero attached hydrogens (tertiary/aromatic N) is 1. The van der Waals surface area contributed by atoms with E-state index in [9.17, 15) is 0 Å². The summed E-state index contributed by atoms with van der Waals surface area (Å²) in [5, 5.41) is 17.2. The van der Waals surface area contributed by atoms with Gasteiger partial charge in [0.15, 0.2) is 0 Å². The number of allylic oxidation sites excluding steroid dienone is 1. The highest BCUT2D eigenvalue weighted by Crippen LogP contribution is 2.09. The molecule has 0 aromatic heterocycles. The Hall–Kier alpha value is -1.75. The molecule has 0 bridgehead atoms. The SMILES string of the molecule is N#C/C(=C\O)CCCCc1ccccc1. The maximum atomic E-state index is 8.66. The van der Waals surface area contributed by atoms with Crippen LogP contribution in [0.15, 0.2) is 42.2 Å². The maximum Gasteiger partial charge on any atom is 0.0979 e. The van der Waals surface area contributed by atoms with Gasteiger partial charge in [-0.05, 0) is 31.2 Å². The van der Waals surface area contributed by atoms with Gasteiger partial charge in [0.2, 0.25) is 0 Å². The molecule has 2 nitrogen and oxygen atoms in total. The minimum absolute atomic E-state index is 0.461. The molecule has 0 saturated heterocycles. The maximum absolute atomic E-state index is 8.66. The van der Waals surface area contributed by atoms with Crippen molar-refractivity contribution in [2.75, 3.05) is 0 Å². The minimum atomic E-state index is 0.461. The van der Waals surface area contributed by atoms with Crippen LogP contribution in [0.1, 0.15) is 24.8 Å². The molecule has 0 heterocycles. The van der Waals surface area contributed by atoms with Crippen LogP contribution in [0.25, 0.3) is 0 Å². The third kappa shape index (κ3) is 4.33. The lowest BCUT2D eigenvalue weighted by atomic mass is 10.1. The molecular weight excluding hydrogens is 186 g/mol. The Balaban J connectivity index is 2.21. The molecule has 1 aromatic carbocycles. The van der Waals surface area contributed by atoms with Crippen LogP contribution in [0, 0.1) is 11.3 Å². The highest BCUT2D eigenvalue weighted by Gasteiger charge is 1.96. The van der Waals surface area contributed by atoms with Gasteiger partial charge in [-0.3, -0.25) is 0 Å². The minimum Gasteiger partial charge on any atom is -0.515 e. The Labute approximate surface area is 90.5 Å². The normalized spacial score (nSPS) is 11.0. The lowest BCUT2D eigenvalue weighted by Gasteiger charge is -2.00. The first-order valence-corrected chi connectivity index (χ1v) is 5.14. The largest absolute Gasteiger partial charge is 0.515 e. The summed E-state index contributed by atoms with van der Waals surface area (Å²) in [6, 6.07) is 12.2. The fourth-order valence-corrected chi connectivity index (χ4v) is 1.44. The quantitative estimate of drug-likeness (QED) is 0.451. The van der Waals surface area contributed by atoms with Crippen LogP contribution in [0.2, 0.25) is 0 Å². The van der Waals surface area contributed by atoms with Crippen molar-refractivity contribution in [3.63, 3.8) is 0 Å². The van der Waals surface area contributed by atoms with Crippen molar-refractivity contribution in [1.82, 2.24) is 0 Å². The van der Waals surface area contributed by atoms with Gasteiger partial charge in [-0.2, -0.15) is 5.26 Å². The smallest absolute Gasteiger partial charge is 0.0979 e. The molecule has 15 heavy (non-hydrogen) atoms. The van der Waals surface area contributed by atoms with Gasteiger partial charge < -0.3 is 5.11 Å². The molecule has 0 unspecified atom stereocenters. The number of nitriles is 1. The number of rotatable bonds is 5.